The zero-order valence-corrected chi connectivity index (χ0v) is 18.1. The summed E-state index contributed by atoms with van der Waals surface area (Å²) in [7, 11) is 0. The normalized spacial score (nSPS) is 27.0. The van der Waals surface area contributed by atoms with Crippen molar-refractivity contribution in [1.82, 2.24) is 4.90 Å². The summed E-state index contributed by atoms with van der Waals surface area (Å²) in [5.74, 6) is 0.821. The molecule has 0 N–H and O–H groups in total. The van der Waals surface area contributed by atoms with E-state index in [9.17, 15) is 4.79 Å². The number of amides is 1. The van der Waals surface area contributed by atoms with E-state index < -0.39 is 0 Å². The van der Waals surface area contributed by atoms with Crippen LogP contribution in [0.4, 0.5) is 5.69 Å². The molecule has 3 aliphatic heterocycles. The van der Waals surface area contributed by atoms with Crippen LogP contribution in [0.15, 0.2) is 46.6 Å². The Morgan fingerprint density at radius 1 is 1.38 bits per heavy atom. The van der Waals surface area contributed by atoms with Crippen LogP contribution in [0.3, 0.4) is 0 Å². The van der Waals surface area contributed by atoms with Crippen molar-refractivity contribution < 1.29 is 9.53 Å². The van der Waals surface area contributed by atoms with E-state index in [4.69, 9.17) is 21.3 Å². The third-order valence-corrected chi connectivity index (χ3v) is 6.45. The maximum Gasteiger partial charge on any atom is 0.271 e. The van der Waals surface area contributed by atoms with Crippen molar-refractivity contribution in [2.45, 2.75) is 45.6 Å². The molecule has 4 rings (SSSR count). The fraction of sp³-hybridized carbons (Fsp3) is 0.478. The van der Waals surface area contributed by atoms with Crippen molar-refractivity contribution in [3.63, 3.8) is 0 Å². The van der Waals surface area contributed by atoms with E-state index in [-0.39, 0.29) is 11.5 Å². The van der Waals surface area contributed by atoms with Crippen LogP contribution in [0.1, 0.15) is 38.7 Å². The van der Waals surface area contributed by atoms with E-state index in [2.05, 4.69) is 0 Å². The number of hydrogen-bond donors (Lipinski definition) is 0. The van der Waals surface area contributed by atoms with Crippen LogP contribution in [0.5, 0.6) is 0 Å². The minimum absolute atomic E-state index is 0.0249. The van der Waals surface area contributed by atoms with Gasteiger partial charge >= 0.3 is 0 Å². The van der Waals surface area contributed by atoms with Crippen molar-refractivity contribution in [3.8, 4) is 0 Å². The first-order valence-corrected chi connectivity index (χ1v) is 10.8. The van der Waals surface area contributed by atoms with Crippen LogP contribution in [0.2, 0.25) is 5.02 Å². The number of rotatable bonds is 3. The molecule has 0 bridgehead atoms. The molecule has 154 valence electrons. The Morgan fingerprint density at radius 2 is 2.17 bits per heavy atom. The molecule has 1 aromatic carbocycles. The smallest absolute Gasteiger partial charge is 0.271 e. The largest absolute Gasteiger partial charge is 0.373 e. The maximum absolute atomic E-state index is 13.6. The number of aryl methyl sites for hydroxylation is 1. The first-order valence-electron chi connectivity index (χ1n) is 10.4. The van der Waals surface area contributed by atoms with Gasteiger partial charge in [-0.2, -0.15) is 0 Å². The number of carbonyl (C=O) groups excluding carboxylic acids is 1. The summed E-state index contributed by atoms with van der Waals surface area (Å²) < 4.78 is 5.87. The van der Waals surface area contributed by atoms with Crippen LogP contribution in [-0.2, 0) is 9.53 Å². The average molecular weight is 414 g/mol. The second kappa shape index (κ2) is 7.96. The van der Waals surface area contributed by atoms with Crippen molar-refractivity contribution in [1.29, 1.82) is 0 Å². The van der Waals surface area contributed by atoms with Crippen molar-refractivity contribution in [2.75, 3.05) is 31.1 Å². The lowest BCUT2D eigenvalue weighted by Gasteiger charge is -2.48. The molecule has 0 aromatic heterocycles. The molecule has 6 heteroatoms. The predicted molar refractivity (Wildman–Crippen MR) is 118 cm³/mol. The van der Waals surface area contributed by atoms with Crippen LogP contribution in [-0.4, -0.2) is 48.5 Å². The molecule has 1 atom stereocenters. The standard InChI is InChI=1S/C23H28ClN3O2/c1-4-17-13-20(22(28)26-11-6-9-23(15-26)10-12-29-23)27(21(17)25-5-2)18-8-7-16(3)19(24)14-18/h4,7-8,13-14H,5-6,9-12,15H2,1-3H3/b17-4-,25-21+. The summed E-state index contributed by atoms with van der Waals surface area (Å²) in [6.45, 7) is 8.81. The number of aliphatic imine (C=N–C) groups is 1. The third kappa shape index (κ3) is 3.62. The average Bonchev–Trinajstić information content (AvgIpc) is 3.07. The van der Waals surface area contributed by atoms with Crippen molar-refractivity contribution in [3.05, 3.63) is 52.2 Å². The highest BCUT2D eigenvalue weighted by atomic mass is 35.5. The molecule has 5 nitrogen and oxygen atoms in total. The highest BCUT2D eigenvalue weighted by Gasteiger charge is 2.45. The van der Waals surface area contributed by atoms with E-state index in [0.717, 1.165) is 55.1 Å². The first-order chi connectivity index (χ1) is 14.0. The molecule has 1 amide bonds. The number of halogens is 1. The minimum atomic E-state index is -0.130. The van der Waals surface area contributed by atoms with E-state index in [1.165, 1.54) is 0 Å². The Labute approximate surface area is 177 Å². The SMILES string of the molecule is C/C=C1/C=C(C(=O)N2CCCC3(CCO3)C2)N(c2ccc(C)c(Cl)c2)/C1=N/CC. The summed E-state index contributed by atoms with van der Waals surface area (Å²) >= 11 is 6.41. The van der Waals surface area contributed by atoms with E-state index in [1.807, 2.05) is 60.9 Å². The molecule has 3 heterocycles. The van der Waals surface area contributed by atoms with Crippen LogP contribution in [0, 0.1) is 6.92 Å². The molecule has 0 aliphatic carbocycles. The van der Waals surface area contributed by atoms with E-state index in [1.54, 1.807) is 0 Å². The van der Waals surface area contributed by atoms with Gasteiger partial charge in [0.2, 0.25) is 0 Å². The molecule has 29 heavy (non-hydrogen) atoms. The molecule has 2 fully saturated rings. The van der Waals surface area contributed by atoms with Gasteiger partial charge in [-0.05, 0) is 57.4 Å². The van der Waals surface area contributed by atoms with Crippen molar-refractivity contribution >= 4 is 29.0 Å². The van der Waals surface area contributed by atoms with Gasteiger partial charge in [0, 0.05) is 35.8 Å². The minimum Gasteiger partial charge on any atom is -0.373 e. The predicted octanol–water partition coefficient (Wildman–Crippen LogP) is 4.50. The summed E-state index contributed by atoms with van der Waals surface area (Å²) in [5, 5.41) is 0.680. The molecule has 3 aliphatic rings. The highest BCUT2D eigenvalue weighted by molar-refractivity contribution is 6.32. The molecular formula is C23H28ClN3O2. The summed E-state index contributed by atoms with van der Waals surface area (Å²) in [6, 6.07) is 5.89. The van der Waals surface area contributed by atoms with Gasteiger partial charge in [0.05, 0.1) is 18.8 Å². The third-order valence-electron chi connectivity index (χ3n) is 6.05. The number of nitrogens with zero attached hydrogens (tertiary/aromatic N) is 3. The van der Waals surface area contributed by atoms with Gasteiger partial charge in [-0.3, -0.25) is 14.7 Å². The van der Waals surface area contributed by atoms with Gasteiger partial charge in [-0.25, -0.2) is 0 Å². The lowest BCUT2D eigenvalue weighted by atomic mass is 9.86. The number of likely N-dealkylation sites (tertiary alicyclic amines) is 1. The Kier molecular flexibility index (Phi) is 5.54. The van der Waals surface area contributed by atoms with E-state index >= 15 is 0 Å². The summed E-state index contributed by atoms with van der Waals surface area (Å²) in [4.78, 5) is 22.2. The number of ether oxygens (including phenoxy) is 1. The fourth-order valence-corrected chi connectivity index (χ4v) is 4.50. The van der Waals surface area contributed by atoms with E-state index in [0.29, 0.717) is 23.8 Å². The molecule has 0 radical (unpaired) electrons. The number of piperidine rings is 1. The van der Waals surface area contributed by atoms with Crippen molar-refractivity contribution in [2.24, 2.45) is 4.99 Å². The lowest BCUT2D eigenvalue weighted by Crippen LogP contribution is -2.57. The number of carbonyl (C=O) groups is 1. The number of anilines is 1. The van der Waals surface area contributed by atoms with Crippen LogP contribution in [0.25, 0.3) is 0 Å². The molecule has 1 unspecified atom stereocenters. The quantitative estimate of drug-likeness (QED) is 0.732. The number of allylic oxidation sites excluding steroid dienone is 1. The summed E-state index contributed by atoms with van der Waals surface area (Å²) in [6.07, 6.45) is 7.01. The Hall–Kier alpha value is -2.11. The van der Waals surface area contributed by atoms with Gasteiger partial charge < -0.3 is 9.64 Å². The van der Waals surface area contributed by atoms with Gasteiger partial charge in [0.25, 0.3) is 5.91 Å². The molecule has 2 saturated heterocycles. The maximum atomic E-state index is 13.6. The highest BCUT2D eigenvalue weighted by Crippen LogP contribution is 2.38. The Balaban J connectivity index is 1.71. The molecule has 1 aromatic rings. The lowest BCUT2D eigenvalue weighted by molar-refractivity contribution is -0.180. The topological polar surface area (TPSA) is 45.1 Å². The summed E-state index contributed by atoms with van der Waals surface area (Å²) in [5.41, 5.74) is 3.32. The second-order valence-electron chi connectivity index (χ2n) is 7.95. The molecule has 0 saturated carbocycles. The first kappa shape index (κ1) is 20.2. The zero-order valence-electron chi connectivity index (χ0n) is 17.4. The van der Waals surface area contributed by atoms with Gasteiger partial charge in [0.15, 0.2) is 0 Å². The number of hydrogen-bond acceptors (Lipinski definition) is 3. The molecule has 1 spiro atoms. The second-order valence-corrected chi connectivity index (χ2v) is 8.36. The number of amidine groups is 1. The fourth-order valence-electron chi connectivity index (χ4n) is 4.33. The van der Waals surface area contributed by atoms with Crippen LogP contribution >= 0.6 is 11.6 Å². The zero-order chi connectivity index (χ0) is 20.6. The number of benzene rings is 1. The van der Waals surface area contributed by atoms with Gasteiger partial charge in [-0.1, -0.05) is 23.7 Å². The Morgan fingerprint density at radius 3 is 2.79 bits per heavy atom. The monoisotopic (exact) mass is 413 g/mol. The van der Waals surface area contributed by atoms with Crippen LogP contribution < -0.4 is 4.90 Å². The van der Waals surface area contributed by atoms with Gasteiger partial charge in [0.1, 0.15) is 11.5 Å². The Bertz CT molecular complexity index is 915. The molecular weight excluding hydrogens is 386 g/mol. The van der Waals surface area contributed by atoms with Gasteiger partial charge in [-0.15, -0.1) is 0 Å².